The van der Waals surface area contributed by atoms with Gasteiger partial charge in [-0.15, -0.1) is 0 Å². The number of halogens is 1. The minimum atomic E-state index is -1.26. The Bertz CT molecular complexity index is 760. The lowest BCUT2D eigenvalue weighted by Crippen LogP contribution is -2.56. The molecule has 1 aliphatic heterocycles. The van der Waals surface area contributed by atoms with Crippen LogP contribution in [0.1, 0.15) is 36.7 Å². The number of benzene rings is 2. The third-order valence-corrected chi connectivity index (χ3v) is 6.39. The topological polar surface area (TPSA) is 38.3 Å². The van der Waals surface area contributed by atoms with Gasteiger partial charge in [0, 0.05) is 5.69 Å². The van der Waals surface area contributed by atoms with Crippen LogP contribution in [0.25, 0.3) is 0 Å². The van der Waals surface area contributed by atoms with Crippen molar-refractivity contribution in [2.75, 3.05) is 4.72 Å². The van der Waals surface area contributed by atoms with Crippen molar-refractivity contribution in [3.8, 4) is 5.75 Å². The largest absolute Gasteiger partial charge is 0.484 e. The van der Waals surface area contributed by atoms with E-state index in [2.05, 4.69) is 23.8 Å². The Hall–Kier alpha value is -1.65. The second-order valence-electron chi connectivity index (χ2n) is 6.29. The normalized spacial score (nSPS) is 21.8. The highest BCUT2D eigenvalue weighted by Crippen LogP contribution is 2.49. The lowest BCUT2D eigenvalue weighted by atomic mass is 9.92. The fourth-order valence-electron chi connectivity index (χ4n) is 2.64. The minimum Gasteiger partial charge on any atom is -0.484 e. The molecule has 3 nitrogen and oxygen atoms in total. The molecule has 2 aromatic carbocycles. The molecule has 3 rings (SSSR count). The summed E-state index contributed by atoms with van der Waals surface area (Å²) in [7, 11) is 0. The van der Waals surface area contributed by atoms with Crippen LogP contribution in [0.2, 0.25) is 0 Å². The van der Waals surface area contributed by atoms with E-state index in [1.165, 1.54) is 17.5 Å². The number of hydrogen-bond acceptors (Lipinski definition) is 4. The second-order valence-corrected chi connectivity index (χ2v) is 8.10. The Morgan fingerprint density at radius 2 is 1.79 bits per heavy atom. The van der Waals surface area contributed by atoms with Gasteiger partial charge >= 0.3 is 0 Å². The first kappa shape index (κ1) is 17.2. The molecule has 1 N–H and O–H groups in total. The van der Waals surface area contributed by atoms with E-state index in [0.29, 0.717) is 11.3 Å². The van der Waals surface area contributed by atoms with Gasteiger partial charge in [-0.1, -0.05) is 42.8 Å². The summed E-state index contributed by atoms with van der Waals surface area (Å²) >= 11 is 7.97. The summed E-state index contributed by atoms with van der Waals surface area (Å²) in [6.45, 7) is 5.79. The number of carbonyl (C=O) groups excluding carboxylic acids is 1. The van der Waals surface area contributed by atoms with Crippen LogP contribution in [0.4, 0.5) is 5.69 Å². The highest BCUT2D eigenvalue weighted by atomic mass is 35.5. The molecule has 5 heteroatoms. The summed E-state index contributed by atoms with van der Waals surface area (Å²) in [5.74, 6) is 0.440. The Kier molecular flexibility index (Phi) is 4.54. The molecule has 0 bridgehead atoms. The molecule has 2 aromatic rings. The van der Waals surface area contributed by atoms with Crippen molar-refractivity contribution in [2.24, 2.45) is 0 Å². The number of ether oxygens (including phenoxy) is 1. The summed E-state index contributed by atoms with van der Waals surface area (Å²) in [6, 6.07) is 15.3. The molecule has 0 spiro atoms. The van der Waals surface area contributed by atoms with Gasteiger partial charge in [-0.05, 0) is 62.0 Å². The molecule has 0 radical (unpaired) electrons. The van der Waals surface area contributed by atoms with Crippen molar-refractivity contribution >= 4 is 35.0 Å². The van der Waals surface area contributed by atoms with Gasteiger partial charge in [0.15, 0.2) is 0 Å². The minimum absolute atomic E-state index is 0.140. The van der Waals surface area contributed by atoms with E-state index in [-0.39, 0.29) is 5.78 Å². The third-order valence-electron chi connectivity index (χ3n) is 4.23. The van der Waals surface area contributed by atoms with Gasteiger partial charge in [0.2, 0.25) is 9.99 Å². The number of rotatable bonds is 4. The Morgan fingerprint density at radius 3 is 2.46 bits per heavy atom. The molecule has 1 atom stereocenters. The molecule has 0 unspecified atom stereocenters. The maximum Gasteiger partial charge on any atom is 0.210 e. The van der Waals surface area contributed by atoms with Crippen LogP contribution in [-0.4, -0.2) is 15.6 Å². The molecule has 126 valence electrons. The summed E-state index contributed by atoms with van der Waals surface area (Å²) < 4.78 is 7.96. The van der Waals surface area contributed by atoms with E-state index in [1.54, 1.807) is 12.1 Å². The number of anilines is 1. The van der Waals surface area contributed by atoms with E-state index in [4.69, 9.17) is 16.3 Å². The summed E-state index contributed by atoms with van der Waals surface area (Å²) in [4.78, 5) is 13.0. The van der Waals surface area contributed by atoms with Gasteiger partial charge in [-0.25, -0.2) is 0 Å². The van der Waals surface area contributed by atoms with Gasteiger partial charge in [-0.3, -0.25) is 4.79 Å². The molecule has 0 amide bonds. The molecular formula is C19H20ClNO2S. The number of fused-ring (bicyclic) bond motifs is 1. The number of nitrogens with one attached hydrogen (secondary N) is 1. The number of hydrogen-bond donors (Lipinski definition) is 1. The monoisotopic (exact) mass is 361 g/mol. The summed E-state index contributed by atoms with van der Waals surface area (Å²) in [6.07, 6.45) is 0.989. The second kappa shape index (κ2) is 6.34. The predicted molar refractivity (Wildman–Crippen MR) is 101 cm³/mol. The number of carbonyl (C=O) groups is 1. The van der Waals surface area contributed by atoms with Gasteiger partial charge < -0.3 is 9.46 Å². The van der Waals surface area contributed by atoms with E-state index in [9.17, 15) is 4.79 Å². The first-order chi connectivity index (χ1) is 11.4. The molecule has 0 saturated carbocycles. The van der Waals surface area contributed by atoms with Gasteiger partial charge in [0.1, 0.15) is 11.4 Å². The average Bonchev–Trinajstić information content (AvgIpc) is 2.58. The zero-order valence-electron chi connectivity index (χ0n) is 13.9. The van der Waals surface area contributed by atoms with Gasteiger partial charge in [-0.2, -0.15) is 0 Å². The van der Waals surface area contributed by atoms with E-state index < -0.39 is 9.81 Å². The number of ketones is 1. The molecular weight excluding hydrogens is 342 g/mol. The van der Waals surface area contributed by atoms with Crippen LogP contribution in [0.3, 0.4) is 0 Å². The van der Waals surface area contributed by atoms with Crippen LogP contribution in [-0.2, 0) is 6.42 Å². The highest BCUT2D eigenvalue weighted by molar-refractivity contribution is 8.04. The van der Waals surface area contributed by atoms with Crippen molar-refractivity contribution in [2.45, 2.75) is 37.0 Å². The fraction of sp³-hybridized carbons (Fsp3) is 0.316. The molecule has 0 saturated heterocycles. The van der Waals surface area contributed by atoms with Crippen LogP contribution in [0.5, 0.6) is 5.75 Å². The van der Waals surface area contributed by atoms with Gasteiger partial charge in [0.05, 0.1) is 5.56 Å². The van der Waals surface area contributed by atoms with E-state index in [0.717, 1.165) is 12.1 Å². The lowest BCUT2D eigenvalue weighted by Gasteiger charge is -2.43. The van der Waals surface area contributed by atoms with Crippen molar-refractivity contribution in [3.05, 3.63) is 59.7 Å². The number of alkyl halides is 1. The van der Waals surface area contributed by atoms with Crippen LogP contribution < -0.4 is 9.46 Å². The maximum absolute atomic E-state index is 13.0. The van der Waals surface area contributed by atoms with Crippen molar-refractivity contribution in [3.63, 3.8) is 0 Å². The highest BCUT2D eigenvalue weighted by Gasteiger charge is 2.57. The van der Waals surface area contributed by atoms with Crippen LogP contribution >= 0.6 is 23.5 Å². The van der Waals surface area contributed by atoms with Crippen molar-refractivity contribution < 1.29 is 9.53 Å². The Labute approximate surface area is 151 Å². The van der Waals surface area contributed by atoms with Crippen LogP contribution in [0.15, 0.2) is 48.5 Å². The summed E-state index contributed by atoms with van der Waals surface area (Å²) in [5, 5.41) is 0. The number of Topliss-reactive ketones (excluding diaryl/α,β-unsaturated/α-hetero) is 1. The maximum atomic E-state index is 13.0. The predicted octanol–water partition coefficient (Wildman–Crippen LogP) is 5.30. The molecule has 1 heterocycles. The number of para-hydroxylation sites is 1. The molecule has 1 aliphatic rings. The van der Waals surface area contributed by atoms with Gasteiger partial charge in [0.25, 0.3) is 0 Å². The van der Waals surface area contributed by atoms with Crippen molar-refractivity contribution in [1.29, 1.82) is 0 Å². The Morgan fingerprint density at radius 1 is 1.12 bits per heavy atom. The average molecular weight is 362 g/mol. The standard InChI is InChI=1S/C19H20ClNO2S/c1-4-13-9-11-14(12-10-13)21-24-19(20)17(22)15-7-5-6-8-16(15)23-18(19,2)3/h5-12,21H,4H2,1-3H3/t19-/m0/s1. The first-order valence-electron chi connectivity index (χ1n) is 7.92. The zero-order valence-corrected chi connectivity index (χ0v) is 15.5. The summed E-state index contributed by atoms with van der Waals surface area (Å²) in [5.41, 5.74) is 1.82. The lowest BCUT2D eigenvalue weighted by molar-refractivity contribution is 0.0579. The number of aryl methyl sites for hydroxylation is 1. The van der Waals surface area contributed by atoms with E-state index >= 15 is 0 Å². The molecule has 0 aromatic heterocycles. The third kappa shape index (κ3) is 2.89. The fourth-order valence-corrected chi connectivity index (χ4v) is 3.78. The smallest absolute Gasteiger partial charge is 0.210 e. The van der Waals surface area contributed by atoms with Crippen LogP contribution in [0, 0.1) is 0 Å². The molecule has 0 aliphatic carbocycles. The quantitative estimate of drug-likeness (QED) is 0.592. The first-order valence-corrected chi connectivity index (χ1v) is 9.11. The Balaban J connectivity index is 1.86. The molecule has 24 heavy (non-hydrogen) atoms. The van der Waals surface area contributed by atoms with Crippen molar-refractivity contribution in [1.82, 2.24) is 0 Å². The van der Waals surface area contributed by atoms with E-state index in [1.807, 2.05) is 38.1 Å². The molecule has 0 fully saturated rings. The zero-order chi connectivity index (χ0) is 17.4. The SMILES string of the molecule is CCc1ccc(NS[C@@]2(Cl)C(=O)c3ccccc3OC2(C)C)cc1.